The first-order valence-electron chi connectivity index (χ1n) is 7.17. The summed E-state index contributed by atoms with van der Waals surface area (Å²) in [6.07, 6.45) is 0. The van der Waals surface area contributed by atoms with Gasteiger partial charge in [-0.15, -0.1) is 10.2 Å². The minimum absolute atomic E-state index is 0.00278. The second-order valence-corrected chi connectivity index (χ2v) is 5.44. The number of rotatable bonds is 7. The molecule has 2 aromatic rings. The number of benzene rings is 1. The number of nitrogens with one attached hydrogen (secondary N) is 1. The van der Waals surface area contributed by atoms with E-state index in [1.165, 1.54) is 11.8 Å². The number of carbonyl (C=O) groups is 1. The summed E-state index contributed by atoms with van der Waals surface area (Å²) in [4.78, 5) is 11.6. The maximum Gasteiger partial charge on any atom is 0.230 e. The van der Waals surface area contributed by atoms with Crippen molar-refractivity contribution in [1.82, 2.24) is 20.1 Å². The van der Waals surface area contributed by atoms with E-state index in [1.807, 2.05) is 42.7 Å². The van der Waals surface area contributed by atoms with Gasteiger partial charge < -0.3 is 14.6 Å². The molecule has 0 aliphatic rings. The molecule has 22 heavy (non-hydrogen) atoms. The number of thioether (sulfide) groups is 1. The van der Waals surface area contributed by atoms with Gasteiger partial charge in [0.15, 0.2) is 11.0 Å². The molecule has 0 radical (unpaired) electrons. The Bertz CT molecular complexity index is 642. The van der Waals surface area contributed by atoms with Gasteiger partial charge in [-0.25, -0.2) is 0 Å². The third kappa shape index (κ3) is 3.59. The molecular formula is C15H20N4O2S. The zero-order valence-electron chi connectivity index (χ0n) is 13.0. The zero-order valence-corrected chi connectivity index (χ0v) is 13.8. The fourth-order valence-corrected chi connectivity index (χ4v) is 2.92. The molecule has 0 fully saturated rings. The van der Waals surface area contributed by atoms with Gasteiger partial charge in [-0.1, -0.05) is 23.9 Å². The predicted octanol–water partition coefficient (Wildman–Crippen LogP) is 2.20. The van der Waals surface area contributed by atoms with Crippen LogP contribution in [0, 0.1) is 0 Å². The molecule has 118 valence electrons. The van der Waals surface area contributed by atoms with E-state index in [2.05, 4.69) is 15.5 Å². The summed E-state index contributed by atoms with van der Waals surface area (Å²) < 4.78 is 7.37. The predicted molar refractivity (Wildman–Crippen MR) is 87.1 cm³/mol. The molecule has 1 aromatic heterocycles. The number of hydrogen-bond donors (Lipinski definition) is 1. The highest BCUT2D eigenvalue weighted by Gasteiger charge is 2.17. The molecule has 0 atom stereocenters. The van der Waals surface area contributed by atoms with Crippen LogP contribution in [0.1, 0.15) is 13.8 Å². The summed E-state index contributed by atoms with van der Waals surface area (Å²) in [6.45, 7) is 5.28. The van der Waals surface area contributed by atoms with E-state index in [0.717, 1.165) is 28.8 Å². The van der Waals surface area contributed by atoms with Gasteiger partial charge in [0.05, 0.1) is 18.4 Å². The second kappa shape index (κ2) is 7.84. The number of ether oxygens (including phenoxy) is 1. The lowest BCUT2D eigenvalue weighted by atomic mass is 10.2. The van der Waals surface area contributed by atoms with Gasteiger partial charge in [0.1, 0.15) is 5.75 Å². The first kappa shape index (κ1) is 16.4. The Morgan fingerprint density at radius 1 is 1.32 bits per heavy atom. The van der Waals surface area contributed by atoms with Crippen molar-refractivity contribution in [1.29, 1.82) is 0 Å². The van der Waals surface area contributed by atoms with Gasteiger partial charge in [-0.2, -0.15) is 0 Å². The van der Waals surface area contributed by atoms with Crippen molar-refractivity contribution < 1.29 is 9.53 Å². The maximum absolute atomic E-state index is 11.6. The fraction of sp³-hybridized carbons (Fsp3) is 0.400. The number of amides is 1. The Hall–Kier alpha value is -2.02. The Balaban J connectivity index is 2.26. The van der Waals surface area contributed by atoms with Crippen molar-refractivity contribution in [3.05, 3.63) is 24.3 Å². The molecule has 1 N–H and O–H groups in total. The summed E-state index contributed by atoms with van der Waals surface area (Å²) >= 11 is 1.39. The van der Waals surface area contributed by atoms with Crippen LogP contribution in [0.5, 0.6) is 5.75 Å². The van der Waals surface area contributed by atoms with Gasteiger partial charge in [-0.05, 0) is 26.0 Å². The number of para-hydroxylation sites is 1. The summed E-state index contributed by atoms with van der Waals surface area (Å²) in [6, 6.07) is 7.70. The number of methoxy groups -OCH3 is 1. The van der Waals surface area contributed by atoms with Gasteiger partial charge >= 0.3 is 0 Å². The van der Waals surface area contributed by atoms with Crippen LogP contribution >= 0.6 is 11.8 Å². The lowest BCUT2D eigenvalue weighted by Crippen LogP contribution is -2.24. The molecular weight excluding hydrogens is 300 g/mol. The Morgan fingerprint density at radius 3 is 2.77 bits per heavy atom. The van der Waals surface area contributed by atoms with Crippen LogP contribution in [0.2, 0.25) is 0 Å². The van der Waals surface area contributed by atoms with Crippen LogP contribution in [0.4, 0.5) is 0 Å². The van der Waals surface area contributed by atoms with Crippen molar-refractivity contribution in [3.8, 4) is 17.1 Å². The fourth-order valence-electron chi connectivity index (χ4n) is 2.09. The minimum atomic E-state index is -0.00278. The van der Waals surface area contributed by atoms with Crippen molar-refractivity contribution >= 4 is 17.7 Å². The topological polar surface area (TPSA) is 69.0 Å². The van der Waals surface area contributed by atoms with E-state index in [0.29, 0.717) is 12.3 Å². The average Bonchev–Trinajstić information content (AvgIpc) is 2.95. The van der Waals surface area contributed by atoms with E-state index in [4.69, 9.17) is 4.74 Å². The largest absolute Gasteiger partial charge is 0.496 e. The van der Waals surface area contributed by atoms with E-state index in [9.17, 15) is 4.79 Å². The molecule has 0 saturated heterocycles. The number of carbonyl (C=O) groups excluding carboxylic acids is 1. The summed E-state index contributed by atoms with van der Waals surface area (Å²) in [5, 5.41) is 12.0. The molecule has 6 nitrogen and oxygen atoms in total. The number of aromatic nitrogens is 3. The highest BCUT2D eigenvalue weighted by atomic mass is 32.2. The maximum atomic E-state index is 11.6. The average molecular weight is 320 g/mol. The third-order valence-corrected chi connectivity index (χ3v) is 4.05. The lowest BCUT2D eigenvalue weighted by Gasteiger charge is -2.10. The summed E-state index contributed by atoms with van der Waals surface area (Å²) in [5.41, 5.74) is 0.893. The molecule has 7 heteroatoms. The van der Waals surface area contributed by atoms with E-state index >= 15 is 0 Å². The van der Waals surface area contributed by atoms with Crippen molar-refractivity contribution in [2.75, 3.05) is 19.4 Å². The standard InChI is InChI=1S/C15H20N4O2S/c1-4-16-13(20)10-22-15-18-17-14(19(15)5-2)11-8-6-7-9-12(11)21-3/h6-9H,4-5,10H2,1-3H3,(H,16,20). The summed E-state index contributed by atoms with van der Waals surface area (Å²) in [7, 11) is 1.64. The molecule has 0 saturated carbocycles. The Morgan fingerprint density at radius 2 is 2.09 bits per heavy atom. The molecule has 0 aliphatic carbocycles. The van der Waals surface area contributed by atoms with Crippen LogP contribution in [0.15, 0.2) is 29.4 Å². The third-order valence-electron chi connectivity index (χ3n) is 3.09. The molecule has 0 spiro atoms. The highest BCUT2D eigenvalue weighted by molar-refractivity contribution is 7.99. The van der Waals surface area contributed by atoms with Crippen LogP contribution in [-0.2, 0) is 11.3 Å². The van der Waals surface area contributed by atoms with Crippen LogP contribution < -0.4 is 10.1 Å². The van der Waals surface area contributed by atoms with Gasteiger partial charge in [0.2, 0.25) is 5.91 Å². The van der Waals surface area contributed by atoms with Crippen LogP contribution in [0.25, 0.3) is 11.4 Å². The highest BCUT2D eigenvalue weighted by Crippen LogP contribution is 2.30. The van der Waals surface area contributed by atoms with Crippen LogP contribution in [-0.4, -0.2) is 40.1 Å². The normalized spacial score (nSPS) is 10.5. The molecule has 0 bridgehead atoms. The minimum Gasteiger partial charge on any atom is -0.496 e. The molecule has 1 heterocycles. The molecule has 1 aromatic carbocycles. The quantitative estimate of drug-likeness (QED) is 0.792. The van der Waals surface area contributed by atoms with E-state index in [1.54, 1.807) is 7.11 Å². The second-order valence-electron chi connectivity index (χ2n) is 4.49. The Kier molecular flexibility index (Phi) is 5.83. The number of nitrogens with zero attached hydrogens (tertiary/aromatic N) is 3. The first-order valence-corrected chi connectivity index (χ1v) is 8.15. The Labute approximate surface area is 134 Å². The summed E-state index contributed by atoms with van der Waals surface area (Å²) in [5.74, 6) is 1.83. The zero-order chi connectivity index (χ0) is 15.9. The van der Waals surface area contributed by atoms with Crippen molar-refractivity contribution in [3.63, 3.8) is 0 Å². The van der Waals surface area contributed by atoms with Crippen molar-refractivity contribution in [2.45, 2.75) is 25.5 Å². The SMILES string of the molecule is CCNC(=O)CSc1nnc(-c2ccccc2OC)n1CC. The lowest BCUT2D eigenvalue weighted by molar-refractivity contribution is -0.118. The van der Waals surface area contributed by atoms with Gasteiger partial charge in [-0.3, -0.25) is 4.79 Å². The van der Waals surface area contributed by atoms with Crippen LogP contribution in [0.3, 0.4) is 0 Å². The molecule has 0 unspecified atom stereocenters. The molecule has 2 rings (SSSR count). The van der Waals surface area contributed by atoms with E-state index in [-0.39, 0.29) is 5.91 Å². The number of hydrogen-bond acceptors (Lipinski definition) is 5. The first-order chi connectivity index (χ1) is 10.7. The van der Waals surface area contributed by atoms with Crippen molar-refractivity contribution in [2.24, 2.45) is 0 Å². The monoisotopic (exact) mass is 320 g/mol. The van der Waals surface area contributed by atoms with E-state index < -0.39 is 0 Å². The van der Waals surface area contributed by atoms with Gasteiger partial charge in [0, 0.05) is 13.1 Å². The molecule has 0 aliphatic heterocycles. The molecule has 1 amide bonds. The van der Waals surface area contributed by atoms with Gasteiger partial charge in [0.25, 0.3) is 0 Å². The smallest absolute Gasteiger partial charge is 0.230 e.